The predicted molar refractivity (Wildman–Crippen MR) is 109 cm³/mol. The standard InChI is InChI=1S/C20H28N4O2S/c1-15(2)27(25,26)24-18-10-8-16(9-11-18)12-22-20-14-21-19(13-23-20)17-6-4-3-5-7-17/h3-7,13-16,18,24H,8-12H2,1-2H3,(H,22,23)/t16-,18-. The molecule has 1 saturated carbocycles. The molecule has 146 valence electrons. The fraction of sp³-hybridized carbons (Fsp3) is 0.500. The Bertz CT molecular complexity index is 815. The largest absolute Gasteiger partial charge is 0.369 e. The molecule has 0 radical (unpaired) electrons. The van der Waals surface area contributed by atoms with Crippen LogP contribution in [0.2, 0.25) is 0 Å². The lowest BCUT2D eigenvalue weighted by atomic mass is 9.86. The topological polar surface area (TPSA) is 84.0 Å². The highest BCUT2D eigenvalue weighted by Crippen LogP contribution is 2.25. The molecule has 1 heterocycles. The number of hydrogen-bond acceptors (Lipinski definition) is 5. The van der Waals surface area contributed by atoms with E-state index in [4.69, 9.17) is 0 Å². The quantitative estimate of drug-likeness (QED) is 0.759. The number of nitrogens with one attached hydrogen (secondary N) is 2. The second-order valence-electron chi connectivity index (χ2n) is 7.46. The van der Waals surface area contributed by atoms with E-state index in [0.717, 1.165) is 49.3 Å². The van der Waals surface area contributed by atoms with Gasteiger partial charge in [-0.15, -0.1) is 0 Å². The van der Waals surface area contributed by atoms with Gasteiger partial charge in [-0.3, -0.25) is 4.98 Å². The maximum absolute atomic E-state index is 12.0. The highest BCUT2D eigenvalue weighted by molar-refractivity contribution is 7.90. The van der Waals surface area contributed by atoms with Crippen LogP contribution in [0.15, 0.2) is 42.7 Å². The third kappa shape index (κ3) is 5.49. The van der Waals surface area contributed by atoms with Crippen LogP contribution in [0.25, 0.3) is 11.3 Å². The Morgan fingerprint density at radius 1 is 1.04 bits per heavy atom. The molecular formula is C20H28N4O2S. The molecule has 0 unspecified atom stereocenters. The molecule has 0 saturated heterocycles. The second kappa shape index (κ2) is 8.80. The lowest BCUT2D eigenvalue weighted by Gasteiger charge is -2.29. The molecule has 1 aromatic heterocycles. The van der Waals surface area contributed by atoms with Gasteiger partial charge in [-0.1, -0.05) is 30.3 Å². The summed E-state index contributed by atoms with van der Waals surface area (Å²) in [5, 5.41) is 2.98. The first-order valence-electron chi connectivity index (χ1n) is 9.56. The van der Waals surface area contributed by atoms with Crippen LogP contribution in [0.4, 0.5) is 5.82 Å². The van der Waals surface area contributed by atoms with Crippen molar-refractivity contribution in [3.63, 3.8) is 0 Å². The maximum Gasteiger partial charge on any atom is 0.214 e. The molecular weight excluding hydrogens is 360 g/mol. The van der Waals surface area contributed by atoms with Crippen LogP contribution in [0, 0.1) is 5.92 Å². The van der Waals surface area contributed by atoms with Gasteiger partial charge in [0.15, 0.2) is 0 Å². The summed E-state index contributed by atoms with van der Waals surface area (Å²) in [7, 11) is -3.18. The van der Waals surface area contributed by atoms with E-state index in [9.17, 15) is 8.42 Å². The molecule has 1 fully saturated rings. The third-order valence-electron chi connectivity index (χ3n) is 5.09. The summed E-state index contributed by atoms with van der Waals surface area (Å²) >= 11 is 0. The smallest absolute Gasteiger partial charge is 0.214 e. The minimum atomic E-state index is -3.18. The number of anilines is 1. The van der Waals surface area contributed by atoms with Crippen molar-refractivity contribution in [1.29, 1.82) is 0 Å². The SMILES string of the molecule is CC(C)S(=O)(=O)N[C@H]1CC[C@H](CNc2cnc(-c3ccccc3)cn2)CC1. The molecule has 1 aliphatic rings. The van der Waals surface area contributed by atoms with Gasteiger partial charge >= 0.3 is 0 Å². The van der Waals surface area contributed by atoms with Crippen LogP contribution in [-0.4, -0.2) is 36.2 Å². The number of sulfonamides is 1. The second-order valence-corrected chi connectivity index (χ2v) is 9.73. The van der Waals surface area contributed by atoms with Gasteiger partial charge in [-0.2, -0.15) is 0 Å². The molecule has 6 nitrogen and oxygen atoms in total. The molecule has 7 heteroatoms. The average Bonchev–Trinajstić information content (AvgIpc) is 2.68. The number of benzene rings is 1. The van der Waals surface area contributed by atoms with Gasteiger partial charge in [-0.05, 0) is 45.4 Å². The Morgan fingerprint density at radius 3 is 2.33 bits per heavy atom. The van der Waals surface area contributed by atoms with Crippen molar-refractivity contribution in [2.45, 2.75) is 50.8 Å². The first-order valence-corrected chi connectivity index (χ1v) is 11.1. The van der Waals surface area contributed by atoms with E-state index in [1.807, 2.05) is 30.3 Å². The molecule has 0 amide bonds. The summed E-state index contributed by atoms with van der Waals surface area (Å²) in [4.78, 5) is 8.94. The Morgan fingerprint density at radius 2 is 1.74 bits per heavy atom. The lowest BCUT2D eigenvalue weighted by molar-refractivity contribution is 0.323. The maximum atomic E-state index is 12.0. The van der Waals surface area contributed by atoms with Crippen molar-refractivity contribution in [1.82, 2.24) is 14.7 Å². The first kappa shape index (κ1) is 19.8. The van der Waals surface area contributed by atoms with Crippen LogP contribution in [-0.2, 0) is 10.0 Å². The van der Waals surface area contributed by atoms with Gasteiger partial charge in [0.25, 0.3) is 0 Å². The summed E-state index contributed by atoms with van der Waals surface area (Å²) in [5.41, 5.74) is 1.91. The molecule has 2 N–H and O–H groups in total. The van der Waals surface area contributed by atoms with E-state index in [1.54, 1.807) is 26.2 Å². The van der Waals surface area contributed by atoms with Crippen molar-refractivity contribution in [3.8, 4) is 11.3 Å². The molecule has 0 aliphatic heterocycles. The average molecular weight is 389 g/mol. The fourth-order valence-electron chi connectivity index (χ4n) is 3.28. The predicted octanol–water partition coefficient (Wildman–Crippen LogP) is 3.44. The zero-order valence-electron chi connectivity index (χ0n) is 15.9. The summed E-state index contributed by atoms with van der Waals surface area (Å²) < 4.78 is 26.8. The first-order chi connectivity index (χ1) is 12.9. The number of rotatable bonds is 7. The van der Waals surface area contributed by atoms with Crippen molar-refractivity contribution in [2.75, 3.05) is 11.9 Å². The zero-order chi connectivity index (χ0) is 19.3. The monoisotopic (exact) mass is 388 g/mol. The Kier molecular flexibility index (Phi) is 6.44. The van der Waals surface area contributed by atoms with Crippen LogP contribution < -0.4 is 10.0 Å². The number of nitrogens with zero attached hydrogens (tertiary/aromatic N) is 2. The summed E-state index contributed by atoms with van der Waals surface area (Å²) in [6, 6.07) is 10.1. The summed E-state index contributed by atoms with van der Waals surface area (Å²) in [6.07, 6.45) is 7.34. The molecule has 0 atom stereocenters. The van der Waals surface area contributed by atoms with Crippen molar-refractivity contribution in [2.24, 2.45) is 5.92 Å². The van der Waals surface area contributed by atoms with Gasteiger partial charge in [0, 0.05) is 18.2 Å². The molecule has 1 aliphatic carbocycles. The van der Waals surface area contributed by atoms with E-state index in [1.165, 1.54) is 0 Å². The van der Waals surface area contributed by atoms with Crippen LogP contribution in [0.5, 0.6) is 0 Å². The van der Waals surface area contributed by atoms with Crippen molar-refractivity contribution >= 4 is 15.8 Å². The van der Waals surface area contributed by atoms with E-state index < -0.39 is 10.0 Å². The fourth-order valence-corrected chi connectivity index (χ4v) is 4.25. The summed E-state index contributed by atoms with van der Waals surface area (Å²) in [6.45, 7) is 4.26. The minimum Gasteiger partial charge on any atom is -0.369 e. The van der Waals surface area contributed by atoms with Crippen LogP contribution >= 0.6 is 0 Å². The highest BCUT2D eigenvalue weighted by Gasteiger charge is 2.26. The number of hydrogen-bond donors (Lipinski definition) is 2. The molecule has 3 rings (SSSR count). The van der Waals surface area contributed by atoms with E-state index in [0.29, 0.717) is 5.92 Å². The van der Waals surface area contributed by atoms with E-state index in [2.05, 4.69) is 20.0 Å². The van der Waals surface area contributed by atoms with Gasteiger partial charge in [0.05, 0.1) is 23.3 Å². The summed E-state index contributed by atoms with van der Waals surface area (Å²) in [5.74, 6) is 1.30. The van der Waals surface area contributed by atoms with Crippen molar-refractivity contribution < 1.29 is 8.42 Å². The highest BCUT2D eigenvalue weighted by atomic mass is 32.2. The van der Waals surface area contributed by atoms with E-state index in [-0.39, 0.29) is 11.3 Å². The molecule has 0 bridgehead atoms. The van der Waals surface area contributed by atoms with Crippen molar-refractivity contribution in [3.05, 3.63) is 42.7 Å². The lowest BCUT2D eigenvalue weighted by Crippen LogP contribution is -2.41. The van der Waals surface area contributed by atoms with Crippen LogP contribution in [0.1, 0.15) is 39.5 Å². The Balaban J connectivity index is 1.45. The Labute approximate surface area is 161 Å². The molecule has 1 aromatic carbocycles. The number of aromatic nitrogens is 2. The minimum absolute atomic E-state index is 0.0681. The third-order valence-corrected chi connectivity index (χ3v) is 6.99. The molecule has 27 heavy (non-hydrogen) atoms. The van der Waals surface area contributed by atoms with Gasteiger partial charge < -0.3 is 5.32 Å². The molecule has 0 spiro atoms. The normalized spacial score (nSPS) is 20.6. The Hall–Kier alpha value is -1.99. The van der Waals surface area contributed by atoms with Crippen LogP contribution in [0.3, 0.4) is 0 Å². The molecule has 2 aromatic rings. The van der Waals surface area contributed by atoms with Gasteiger partial charge in [0.2, 0.25) is 10.0 Å². The van der Waals surface area contributed by atoms with E-state index >= 15 is 0 Å². The zero-order valence-corrected chi connectivity index (χ0v) is 16.7. The van der Waals surface area contributed by atoms with Gasteiger partial charge in [-0.25, -0.2) is 18.1 Å². The van der Waals surface area contributed by atoms with Gasteiger partial charge in [0.1, 0.15) is 5.82 Å².